The van der Waals surface area contributed by atoms with Crippen LogP contribution in [-0.4, -0.2) is 10.1 Å². The van der Waals surface area contributed by atoms with Gasteiger partial charge in [0.05, 0.1) is 17.2 Å². The quantitative estimate of drug-likeness (QED) is 0.888. The van der Waals surface area contributed by atoms with E-state index in [0.29, 0.717) is 4.47 Å². The van der Waals surface area contributed by atoms with Gasteiger partial charge < -0.3 is 5.11 Å². The Morgan fingerprint density at radius 3 is 2.81 bits per heavy atom. The van der Waals surface area contributed by atoms with Gasteiger partial charge in [-0.2, -0.15) is 0 Å². The van der Waals surface area contributed by atoms with Crippen LogP contribution in [0.4, 0.5) is 0 Å². The van der Waals surface area contributed by atoms with Gasteiger partial charge in [-0.25, -0.2) is 4.98 Å². The predicted molar refractivity (Wildman–Crippen MR) is 68.0 cm³/mol. The van der Waals surface area contributed by atoms with Crippen molar-refractivity contribution in [3.05, 3.63) is 38.7 Å². The first-order valence-corrected chi connectivity index (χ1v) is 6.15. The lowest BCUT2D eigenvalue weighted by atomic mass is 10.0. The van der Waals surface area contributed by atoms with Crippen molar-refractivity contribution in [1.82, 2.24) is 4.98 Å². The highest BCUT2D eigenvalue weighted by atomic mass is 35.5. The summed E-state index contributed by atoms with van der Waals surface area (Å²) < 4.78 is 0.472. The molecule has 0 amide bonds. The molecule has 0 saturated heterocycles. The van der Waals surface area contributed by atoms with Crippen molar-refractivity contribution in [3.63, 3.8) is 0 Å². The topological polar surface area (TPSA) is 33.1 Å². The van der Waals surface area contributed by atoms with Gasteiger partial charge in [0.15, 0.2) is 4.47 Å². The number of nitrogens with zero attached hydrogens (tertiary/aromatic N) is 1. The van der Waals surface area contributed by atoms with Crippen molar-refractivity contribution in [3.8, 4) is 11.3 Å². The Kier molecular flexibility index (Phi) is 3.28. The lowest BCUT2D eigenvalue weighted by molar-refractivity contribution is 0.286. The Bertz CT molecular complexity index is 522. The van der Waals surface area contributed by atoms with E-state index in [-0.39, 0.29) is 6.61 Å². The van der Waals surface area contributed by atoms with Gasteiger partial charge in [-0.15, -0.1) is 11.3 Å². The Balaban J connectivity index is 2.61. The summed E-state index contributed by atoms with van der Waals surface area (Å²) in [6, 6.07) is 6.18. The molecule has 0 aliphatic heterocycles. The fourth-order valence-corrected chi connectivity index (χ4v) is 2.65. The number of rotatable bonds is 2. The van der Waals surface area contributed by atoms with Gasteiger partial charge in [0.25, 0.3) is 0 Å². The molecule has 0 saturated carbocycles. The summed E-state index contributed by atoms with van der Waals surface area (Å²) in [6.45, 7) is 4.05. The van der Waals surface area contributed by atoms with Crippen LogP contribution in [0, 0.1) is 13.8 Å². The fourth-order valence-electron chi connectivity index (χ4n) is 1.63. The molecule has 0 aliphatic carbocycles. The number of aliphatic hydroxyl groups is 1. The molecule has 2 rings (SSSR count). The van der Waals surface area contributed by atoms with Gasteiger partial charge >= 0.3 is 0 Å². The van der Waals surface area contributed by atoms with Crippen LogP contribution in [0.25, 0.3) is 11.3 Å². The van der Waals surface area contributed by atoms with E-state index in [1.807, 2.05) is 13.8 Å². The molecule has 0 fully saturated rings. The SMILES string of the molecule is Cc1ccc(C)c(-c2nc(Cl)sc2CO)c1. The molecule has 0 radical (unpaired) electrons. The molecule has 2 nitrogen and oxygen atoms in total. The molecule has 1 heterocycles. The zero-order valence-electron chi connectivity index (χ0n) is 9.12. The number of aliphatic hydroxyl groups excluding tert-OH is 1. The molecule has 1 aromatic heterocycles. The van der Waals surface area contributed by atoms with Gasteiger partial charge in [-0.1, -0.05) is 29.3 Å². The smallest absolute Gasteiger partial charge is 0.184 e. The lowest BCUT2D eigenvalue weighted by Gasteiger charge is -2.05. The zero-order valence-corrected chi connectivity index (χ0v) is 10.7. The average Bonchev–Trinajstić information content (AvgIpc) is 2.63. The minimum absolute atomic E-state index is 0.0207. The number of aryl methyl sites for hydroxylation is 2. The van der Waals surface area contributed by atoms with Gasteiger partial charge in [0, 0.05) is 5.56 Å². The standard InChI is InChI=1S/C12H12ClNOS/c1-7-3-4-8(2)9(5-7)11-10(6-15)16-12(13)14-11/h3-5,15H,6H2,1-2H3. The summed E-state index contributed by atoms with van der Waals surface area (Å²) in [4.78, 5) is 5.10. The van der Waals surface area contributed by atoms with Gasteiger partial charge in [-0.3, -0.25) is 0 Å². The van der Waals surface area contributed by atoms with Crippen LogP contribution in [0.1, 0.15) is 16.0 Å². The second-order valence-electron chi connectivity index (χ2n) is 3.72. The van der Waals surface area contributed by atoms with Crippen LogP contribution in [0.3, 0.4) is 0 Å². The molecule has 0 spiro atoms. The van der Waals surface area contributed by atoms with Crippen LogP contribution in [0.5, 0.6) is 0 Å². The molecular weight excluding hydrogens is 242 g/mol. The molecule has 84 valence electrons. The highest BCUT2D eigenvalue weighted by Gasteiger charge is 2.13. The third-order valence-electron chi connectivity index (χ3n) is 2.46. The van der Waals surface area contributed by atoms with E-state index in [9.17, 15) is 5.11 Å². The predicted octanol–water partition coefficient (Wildman–Crippen LogP) is 3.57. The largest absolute Gasteiger partial charge is 0.391 e. The van der Waals surface area contributed by atoms with Crippen molar-refractivity contribution in [2.75, 3.05) is 0 Å². The summed E-state index contributed by atoms with van der Waals surface area (Å²) in [6.07, 6.45) is 0. The minimum Gasteiger partial charge on any atom is -0.391 e. The van der Waals surface area contributed by atoms with Crippen molar-refractivity contribution < 1.29 is 5.11 Å². The van der Waals surface area contributed by atoms with Crippen molar-refractivity contribution in [1.29, 1.82) is 0 Å². The Hall–Kier alpha value is -0.900. The first-order chi connectivity index (χ1) is 7.61. The van der Waals surface area contributed by atoms with E-state index in [1.54, 1.807) is 0 Å². The second-order valence-corrected chi connectivity index (χ2v) is 5.38. The average molecular weight is 254 g/mol. The summed E-state index contributed by atoms with van der Waals surface area (Å²) in [5.74, 6) is 0. The van der Waals surface area contributed by atoms with E-state index in [2.05, 4.69) is 23.2 Å². The monoisotopic (exact) mass is 253 g/mol. The Morgan fingerprint density at radius 1 is 1.38 bits per heavy atom. The van der Waals surface area contributed by atoms with Gasteiger partial charge in [-0.05, 0) is 25.5 Å². The lowest BCUT2D eigenvalue weighted by Crippen LogP contribution is -1.89. The maximum absolute atomic E-state index is 9.27. The third-order valence-corrected chi connectivity index (χ3v) is 3.61. The second kappa shape index (κ2) is 4.53. The zero-order chi connectivity index (χ0) is 11.7. The molecule has 2 aromatic rings. The molecule has 0 atom stereocenters. The van der Waals surface area contributed by atoms with Gasteiger partial charge in [0.1, 0.15) is 0 Å². The fraction of sp³-hybridized carbons (Fsp3) is 0.250. The molecule has 1 N–H and O–H groups in total. The highest BCUT2D eigenvalue weighted by Crippen LogP contribution is 2.33. The molecule has 16 heavy (non-hydrogen) atoms. The number of thiazole rings is 1. The highest BCUT2D eigenvalue weighted by molar-refractivity contribution is 7.16. The summed E-state index contributed by atoms with van der Waals surface area (Å²) >= 11 is 7.21. The molecule has 0 unspecified atom stereocenters. The molecule has 4 heteroatoms. The van der Waals surface area contributed by atoms with E-state index < -0.39 is 0 Å². The minimum atomic E-state index is -0.0207. The number of hydrogen-bond donors (Lipinski definition) is 1. The van der Waals surface area contributed by atoms with Crippen LogP contribution >= 0.6 is 22.9 Å². The van der Waals surface area contributed by atoms with Crippen molar-refractivity contribution in [2.45, 2.75) is 20.5 Å². The van der Waals surface area contributed by atoms with Crippen LogP contribution < -0.4 is 0 Å². The van der Waals surface area contributed by atoms with Crippen molar-refractivity contribution >= 4 is 22.9 Å². The normalized spacial score (nSPS) is 10.8. The summed E-state index contributed by atoms with van der Waals surface area (Å²) in [5.41, 5.74) is 4.17. The molecular formula is C12H12ClNOS. The maximum atomic E-state index is 9.27. The van der Waals surface area contributed by atoms with Gasteiger partial charge in [0.2, 0.25) is 0 Å². The van der Waals surface area contributed by atoms with E-state index in [1.165, 1.54) is 16.9 Å². The Labute approximate surface area is 104 Å². The number of aromatic nitrogens is 1. The summed E-state index contributed by atoms with van der Waals surface area (Å²) in [7, 11) is 0. The van der Waals surface area contributed by atoms with Crippen LogP contribution in [0.15, 0.2) is 18.2 Å². The van der Waals surface area contributed by atoms with E-state index in [0.717, 1.165) is 21.7 Å². The number of hydrogen-bond acceptors (Lipinski definition) is 3. The van der Waals surface area contributed by atoms with Crippen molar-refractivity contribution in [2.24, 2.45) is 0 Å². The van der Waals surface area contributed by atoms with E-state index >= 15 is 0 Å². The van der Waals surface area contributed by atoms with Crippen LogP contribution in [-0.2, 0) is 6.61 Å². The first-order valence-electron chi connectivity index (χ1n) is 4.95. The van der Waals surface area contributed by atoms with Crippen LogP contribution in [0.2, 0.25) is 4.47 Å². The van der Waals surface area contributed by atoms with E-state index in [4.69, 9.17) is 11.6 Å². The molecule has 0 aliphatic rings. The maximum Gasteiger partial charge on any atom is 0.184 e. The number of halogens is 1. The molecule has 1 aromatic carbocycles. The first kappa shape index (κ1) is 11.6. The molecule has 0 bridgehead atoms. The number of benzene rings is 1. The summed E-state index contributed by atoms with van der Waals surface area (Å²) in [5, 5.41) is 9.27. The Morgan fingerprint density at radius 2 is 2.12 bits per heavy atom. The third kappa shape index (κ3) is 2.12.